The summed E-state index contributed by atoms with van der Waals surface area (Å²) < 4.78 is 23.2. The van der Waals surface area contributed by atoms with Crippen LogP contribution in [0.2, 0.25) is 0 Å². The molecule has 1 aromatic heterocycles. The first-order chi connectivity index (χ1) is 16.3. The molecule has 190 valence electrons. The summed E-state index contributed by atoms with van der Waals surface area (Å²) in [5.74, 6) is -1.22. The van der Waals surface area contributed by atoms with Crippen molar-refractivity contribution in [3.63, 3.8) is 0 Å². The Morgan fingerprint density at radius 3 is 2.44 bits per heavy atom. The van der Waals surface area contributed by atoms with Gasteiger partial charge in [0.1, 0.15) is 24.1 Å². The zero-order valence-corrected chi connectivity index (χ0v) is 21.2. The maximum absolute atomic E-state index is 11.3. The van der Waals surface area contributed by atoms with Crippen molar-refractivity contribution in [3.8, 4) is 5.75 Å². The fourth-order valence-corrected chi connectivity index (χ4v) is 5.28. The SMILES string of the molecule is O=C(O)[C@H]1O[C@@H](Oc2c[nH]c3cc(Br)c(CCCOCCOCCO)c(Br)c23)[C@H](O)[C@@H](O)[C@@H]1O. The van der Waals surface area contributed by atoms with E-state index >= 15 is 0 Å². The Kier molecular flexibility index (Phi) is 10.1. The van der Waals surface area contributed by atoms with Gasteiger partial charge in [0.15, 0.2) is 6.10 Å². The number of hydrogen-bond donors (Lipinski definition) is 6. The molecule has 0 amide bonds. The lowest BCUT2D eigenvalue weighted by atomic mass is 9.99. The molecule has 0 bridgehead atoms. The third-order valence-corrected chi connectivity index (χ3v) is 6.88. The molecule has 0 saturated carbocycles. The summed E-state index contributed by atoms with van der Waals surface area (Å²) in [6.45, 7) is 1.61. The Hall–Kier alpha value is -1.29. The van der Waals surface area contributed by atoms with Gasteiger partial charge in [-0.2, -0.15) is 0 Å². The highest BCUT2D eigenvalue weighted by atomic mass is 79.9. The molecule has 1 aromatic carbocycles. The lowest BCUT2D eigenvalue weighted by Gasteiger charge is -2.38. The molecule has 2 heterocycles. The number of fused-ring (bicyclic) bond motifs is 1. The molecular weight excluding hydrogens is 586 g/mol. The van der Waals surface area contributed by atoms with Gasteiger partial charge in [0.05, 0.1) is 37.3 Å². The van der Waals surface area contributed by atoms with Crippen molar-refractivity contribution in [2.45, 2.75) is 43.5 Å². The van der Waals surface area contributed by atoms with Crippen LogP contribution in [-0.4, -0.2) is 100 Å². The molecular formula is C21H27Br2NO10. The van der Waals surface area contributed by atoms with E-state index in [1.165, 1.54) is 6.20 Å². The van der Waals surface area contributed by atoms with Crippen LogP contribution < -0.4 is 4.74 Å². The van der Waals surface area contributed by atoms with E-state index in [0.717, 1.165) is 20.9 Å². The molecule has 34 heavy (non-hydrogen) atoms. The monoisotopic (exact) mass is 611 g/mol. The number of rotatable bonds is 12. The number of carboxylic acid groups (broad SMARTS) is 1. The molecule has 0 radical (unpaired) electrons. The van der Waals surface area contributed by atoms with E-state index in [1.807, 2.05) is 6.07 Å². The van der Waals surface area contributed by atoms with E-state index in [4.69, 9.17) is 24.1 Å². The zero-order chi connectivity index (χ0) is 24.8. The Bertz CT molecular complexity index is 971. The maximum Gasteiger partial charge on any atom is 0.335 e. The Balaban J connectivity index is 1.70. The van der Waals surface area contributed by atoms with Crippen LogP contribution >= 0.6 is 31.9 Å². The van der Waals surface area contributed by atoms with Crippen molar-refractivity contribution in [2.24, 2.45) is 0 Å². The van der Waals surface area contributed by atoms with Crippen molar-refractivity contribution in [1.29, 1.82) is 0 Å². The minimum absolute atomic E-state index is 0.0239. The van der Waals surface area contributed by atoms with E-state index in [2.05, 4.69) is 36.8 Å². The van der Waals surface area contributed by atoms with Gasteiger partial charge in [-0.1, -0.05) is 15.9 Å². The molecule has 1 saturated heterocycles. The van der Waals surface area contributed by atoms with Crippen LogP contribution in [0, 0.1) is 0 Å². The molecule has 5 atom stereocenters. The number of halogens is 2. The average Bonchev–Trinajstić information content (AvgIpc) is 3.19. The molecule has 3 rings (SSSR count). The molecule has 1 aliphatic heterocycles. The van der Waals surface area contributed by atoms with E-state index < -0.39 is 36.7 Å². The van der Waals surface area contributed by atoms with Crippen LogP contribution in [0.3, 0.4) is 0 Å². The van der Waals surface area contributed by atoms with E-state index in [-0.39, 0.29) is 19.0 Å². The minimum Gasteiger partial charge on any atom is -0.479 e. The summed E-state index contributed by atoms with van der Waals surface area (Å²) >= 11 is 7.18. The number of aromatic nitrogens is 1. The number of aliphatic hydroxyl groups excluding tert-OH is 4. The molecule has 1 fully saturated rings. The van der Waals surface area contributed by atoms with E-state index in [9.17, 15) is 25.2 Å². The summed E-state index contributed by atoms with van der Waals surface area (Å²) in [6, 6.07) is 1.86. The van der Waals surface area contributed by atoms with Gasteiger partial charge in [-0.05, 0) is 40.4 Å². The number of carboxylic acids is 1. The van der Waals surface area contributed by atoms with Crippen LogP contribution in [0.5, 0.6) is 5.75 Å². The summed E-state index contributed by atoms with van der Waals surface area (Å²) in [4.78, 5) is 14.4. The second-order valence-corrected chi connectivity index (χ2v) is 9.28. The third-order valence-electron chi connectivity index (χ3n) is 5.30. The van der Waals surface area contributed by atoms with Gasteiger partial charge >= 0.3 is 5.97 Å². The van der Waals surface area contributed by atoms with Crippen molar-refractivity contribution >= 4 is 48.7 Å². The molecule has 2 aromatic rings. The quantitative estimate of drug-likeness (QED) is 0.189. The fraction of sp³-hybridized carbons (Fsp3) is 0.571. The first-order valence-electron chi connectivity index (χ1n) is 10.6. The zero-order valence-electron chi connectivity index (χ0n) is 18.0. The molecule has 0 spiro atoms. The first kappa shape index (κ1) is 27.3. The van der Waals surface area contributed by atoms with Gasteiger partial charge < -0.3 is 49.5 Å². The summed E-state index contributed by atoms with van der Waals surface area (Å²) in [6.07, 6.45) is -5.58. The maximum atomic E-state index is 11.3. The highest BCUT2D eigenvalue weighted by molar-refractivity contribution is 9.11. The van der Waals surface area contributed by atoms with Gasteiger partial charge in [0, 0.05) is 21.7 Å². The van der Waals surface area contributed by atoms with E-state index in [0.29, 0.717) is 37.1 Å². The summed E-state index contributed by atoms with van der Waals surface area (Å²) in [5, 5.41) is 48.7. The topological polar surface area (TPSA) is 171 Å². The lowest BCUT2D eigenvalue weighted by Crippen LogP contribution is -2.61. The van der Waals surface area contributed by atoms with Crippen molar-refractivity contribution in [1.82, 2.24) is 4.98 Å². The molecule has 13 heteroatoms. The predicted molar refractivity (Wildman–Crippen MR) is 126 cm³/mol. The first-order valence-corrected chi connectivity index (χ1v) is 12.2. The van der Waals surface area contributed by atoms with Gasteiger partial charge in [-0.25, -0.2) is 4.79 Å². The number of ether oxygens (including phenoxy) is 4. The number of aliphatic carboxylic acids is 1. The van der Waals surface area contributed by atoms with E-state index in [1.54, 1.807) is 0 Å². The summed E-state index contributed by atoms with van der Waals surface area (Å²) in [7, 11) is 0. The highest BCUT2D eigenvalue weighted by Gasteiger charge is 2.48. The van der Waals surface area contributed by atoms with Crippen LogP contribution in [-0.2, 0) is 25.4 Å². The molecule has 1 aliphatic rings. The molecule has 6 N–H and O–H groups in total. The molecule has 0 unspecified atom stereocenters. The number of nitrogens with one attached hydrogen (secondary N) is 1. The van der Waals surface area contributed by atoms with Crippen LogP contribution in [0.4, 0.5) is 0 Å². The number of carbonyl (C=O) groups is 1. The fourth-order valence-electron chi connectivity index (χ4n) is 3.56. The summed E-state index contributed by atoms with van der Waals surface area (Å²) in [5.41, 5.74) is 1.65. The number of aliphatic hydroxyl groups is 4. The predicted octanol–water partition coefficient (Wildman–Crippen LogP) is 0.922. The Labute approximate surface area is 211 Å². The number of aromatic amines is 1. The Morgan fingerprint density at radius 2 is 1.76 bits per heavy atom. The largest absolute Gasteiger partial charge is 0.479 e. The van der Waals surface area contributed by atoms with Crippen molar-refractivity contribution in [2.75, 3.05) is 33.0 Å². The van der Waals surface area contributed by atoms with Crippen LogP contribution in [0.1, 0.15) is 12.0 Å². The second-order valence-electron chi connectivity index (χ2n) is 7.63. The highest BCUT2D eigenvalue weighted by Crippen LogP contribution is 2.40. The Morgan fingerprint density at radius 1 is 1.06 bits per heavy atom. The van der Waals surface area contributed by atoms with Gasteiger partial charge in [0.25, 0.3) is 0 Å². The van der Waals surface area contributed by atoms with Crippen molar-refractivity contribution < 1.29 is 49.3 Å². The van der Waals surface area contributed by atoms with Crippen molar-refractivity contribution in [3.05, 3.63) is 26.8 Å². The molecule has 11 nitrogen and oxygen atoms in total. The van der Waals surface area contributed by atoms with Gasteiger partial charge in [0.2, 0.25) is 6.29 Å². The van der Waals surface area contributed by atoms with Gasteiger partial charge in [-0.3, -0.25) is 0 Å². The smallest absolute Gasteiger partial charge is 0.335 e. The number of H-pyrrole nitrogens is 1. The minimum atomic E-state index is -1.80. The number of hydrogen-bond acceptors (Lipinski definition) is 9. The van der Waals surface area contributed by atoms with Crippen LogP contribution in [0.15, 0.2) is 21.2 Å². The molecule has 0 aliphatic carbocycles. The lowest BCUT2D eigenvalue weighted by molar-refractivity contribution is -0.270. The number of benzene rings is 1. The average molecular weight is 613 g/mol. The van der Waals surface area contributed by atoms with Crippen LogP contribution in [0.25, 0.3) is 10.9 Å². The third kappa shape index (κ3) is 6.28. The second kappa shape index (κ2) is 12.6. The standard InChI is InChI=1S/C21H27Br2NO10/c22-11-8-12-14(15(23)10(11)2-1-4-31-6-7-32-5-3-25)13(9-24-12)33-21-18(28)16(26)17(27)19(34-21)20(29)30/h8-9,16-19,21,24-28H,1-7H2,(H,29,30)/t16-,17-,18+,19-,21+/m0/s1. The normalized spacial score (nSPS) is 25.1. The van der Waals surface area contributed by atoms with Gasteiger partial charge in [-0.15, -0.1) is 0 Å².